The lowest BCUT2D eigenvalue weighted by molar-refractivity contribution is 0.410. The smallest absolute Gasteiger partial charge is 0.131 e. The normalized spacial score (nSPS) is 12.4. The van der Waals surface area contributed by atoms with E-state index in [4.69, 9.17) is 4.74 Å². The molecule has 1 aromatic carbocycles. The molecule has 0 aliphatic heterocycles. The Kier molecular flexibility index (Phi) is 4.52. The minimum atomic E-state index is -0.303. The lowest BCUT2D eigenvalue weighted by Gasteiger charge is -2.05. The number of alkyl halides is 1. The third-order valence-electron chi connectivity index (χ3n) is 2.83. The van der Waals surface area contributed by atoms with Crippen LogP contribution in [0.4, 0.5) is 4.39 Å². The molecule has 1 atom stereocenters. The first-order valence-electron chi connectivity index (χ1n) is 6.00. The average Bonchev–Trinajstić information content (AvgIpc) is 2.88. The third-order valence-corrected chi connectivity index (χ3v) is 3.94. The van der Waals surface area contributed by atoms with Gasteiger partial charge in [0.25, 0.3) is 0 Å². The fourth-order valence-electron chi connectivity index (χ4n) is 1.70. The molecule has 19 heavy (non-hydrogen) atoms. The summed E-state index contributed by atoms with van der Waals surface area (Å²) >= 11 is 3.51. The molecule has 0 spiro atoms. The van der Waals surface area contributed by atoms with Crippen LogP contribution in [-0.2, 0) is 6.54 Å². The lowest BCUT2D eigenvalue weighted by atomic mass is 10.2. The summed E-state index contributed by atoms with van der Waals surface area (Å²) in [6.45, 7) is 2.41. The molecule has 1 unspecified atom stereocenters. The van der Waals surface area contributed by atoms with E-state index in [2.05, 4.69) is 33.2 Å². The van der Waals surface area contributed by atoms with Gasteiger partial charge in [-0.3, -0.25) is 0 Å². The van der Waals surface area contributed by atoms with Gasteiger partial charge in [-0.25, -0.2) is 9.07 Å². The molecule has 0 amide bonds. The van der Waals surface area contributed by atoms with Crippen molar-refractivity contribution in [3.8, 4) is 5.75 Å². The number of halogens is 2. The van der Waals surface area contributed by atoms with E-state index in [1.54, 1.807) is 16.8 Å². The van der Waals surface area contributed by atoms with Crippen LogP contribution < -0.4 is 4.74 Å². The van der Waals surface area contributed by atoms with E-state index >= 15 is 0 Å². The molecular formula is C13H15BrFN3O. The second kappa shape index (κ2) is 6.14. The molecule has 0 radical (unpaired) electrons. The summed E-state index contributed by atoms with van der Waals surface area (Å²) in [6.07, 6.45) is 2.75. The predicted molar refractivity (Wildman–Crippen MR) is 74.0 cm³/mol. The van der Waals surface area contributed by atoms with Crippen molar-refractivity contribution < 1.29 is 9.13 Å². The predicted octanol–water partition coefficient (Wildman–Crippen LogP) is 3.32. The first-order valence-corrected chi connectivity index (χ1v) is 6.92. The molecule has 0 N–H and O–H groups in total. The van der Waals surface area contributed by atoms with Crippen LogP contribution in [0.25, 0.3) is 0 Å². The van der Waals surface area contributed by atoms with Crippen LogP contribution in [0.5, 0.6) is 5.75 Å². The molecule has 2 aromatic rings. The van der Waals surface area contributed by atoms with Crippen molar-refractivity contribution in [3.05, 3.63) is 41.5 Å². The number of ether oxygens (including phenoxy) is 1. The largest absolute Gasteiger partial charge is 0.497 e. The maximum atomic E-state index is 13.8. The van der Waals surface area contributed by atoms with Crippen molar-refractivity contribution in [1.82, 2.24) is 15.0 Å². The Morgan fingerprint density at radius 2 is 2.26 bits per heavy atom. The van der Waals surface area contributed by atoms with E-state index in [0.29, 0.717) is 17.9 Å². The average molecular weight is 328 g/mol. The Hall–Kier alpha value is -1.43. The number of rotatable bonds is 5. The van der Waals surface area contributed by atoms with Gasteiger partial charge in [-0.15, -0.1) is 5.10 Å². The van der Waals surface area contributed by atoms with Crippen molar-refractivity contribution >= 4 is 15.9 Å². The lowest BCUT2D eigenvalue weighted by Crippen LogP contribution is -2.03. The molecular weight excluding hydrogens is 313 g/mol. The summed E-state index contributed by atoms with van der Waals surface area (Å²) in [6, 6.07) is 4.79. The standard InChI is InChI=1S/C13H15BrFN3O/c1-3-11(14)13-8-18(17-16-13)7-9-4-5-10(19-2)6-12(9)15/h4-6,8,11H,3,7H2,1-2H3. The van der Waals surface area contributed by atoms with Crippen molar-refractivity contribution in [3.63, 3.8) is 0 Å². The molecule has 0 saturated heterocycles. The molecule has 2 rings (SSSR count). The molecule has 1 aromatic heterocycles. The van der Waals surface area contributed by atoms with Crippen LogP contribution >= 0.6 is 15.9 Å². The molecule has 0 bridgehead atoms. The topological polar surface area (TPSA) is 39.9 Å². The quantitative estimate of drug-likeness (QED) is 0.791. The Morgan fingerprint density at radius 3 is 2.89 bits per heavy atom. The number of aromatic nitrogens is 3. The summed E-state index contributed by atoms with van der Waals surface area (Å²) in [5.41, 5.74) is 1.41. The van der Waals surface area contributed by atoms with Gasteiger partial charge in [-0.05, 0) is 12.5 Å². The summed E-state index contributed by atoms with van der Waals surface area (Å²) < 4.78 is 20.4. The fourth-order valence-corrected chi connectivity index (χ4v) is 1.91. The minimum absolute atomic E-state index is 0.182. The Bertz CT molecular complexity index is 559. The third kappa shape index (κ3) is 3.32. The number of hydrogen-bond acceptors (Lipinski definition) is 3. The van der Waals surface area contributed by atoms with Gasteiger partial charge < -0.3 is 4.74 Å². The summed E-state index contributed by atoms with van der Waals surface area (Å²) in [5.74, 6) is 0.203. The fraction of sp³-hybridized carbons (Fsp3) is 0.385. The first kappa shape index (κ1) is 14.0. The van der Waals surface area contributed by atoms with Gasteiger partial charge in [0.05, 0.1) is 24.2 Å². The van der Waals surface area contributed by atoms with Gasteiger partial charge in [0.1, 0.15) is 11.6 Å². The molecule has 0 fully saturated rings. The highest BCUT2D eigenvalue weighted by Gasteiger charge is 2.11. The summed E-state index contributed by atoms with van der Waals surface area (Å²) in [4.78, 5) is 0.182. The van der Waals surface area contributed by atoms with Crippen LogP contribution in [0.3, 0.4) is 0 Å². The van der Waals surface area contributed by atoms with Gasteiger partial charge in [0, 0.05) is 17.8 Å². The molecule has 0 aliphatic carbocycles. The van der Waals surface area contributed by atoms with E-state index in [9.17, 15) is 4.39 Å². The van der Waals surface area contributed by atoms with Crippen molar-refractivity contribution in [2.24, 2.45) is 0 Å². The molecule has 4 nitrogen and oxygen atoms in total. The molecule has 102 valence electrons. The van der Waals surface area contributed by atoms with Gasteiger partial charge in [0.15, 0.2) is 0 Å². The van der Waals surface area contributed by atoms with Gasteiger partial charge >= 0.3 is 0 Å². The molecule has 0 saturated carbocycles. The number of benzene rings is 1. The maximum Gasteiger partial charge on any atom is 0.131 e. The van der Waals surface area contributed by atoms with Gasteiger partial charge in [0.2, 0.25) is 0 Å². The second-order valence-electron chi connectivity index (χ2n) is 4.17. The minimum Gasteiger partial charge on any atom is -0.497 e. The van der Waals surface area contributed by atoms with Gasteiger partial charge in [-0.1, -0.05) is 34.1 Å². The highest BCUT2D eigenvalue weighted by atomic mass is 79.9. The van der Waals surface area contributed by atoms with Crippen LogP contribution in [-0.4, -0.2) is 22.1 Å². The van der Waals surface area contributed by atoms with E-state index in [1.165, 1.54) is 13.2 Å². The van der Waals surface area contributed by atoms with E-state index in [-0.39, 0.29) is 10.6 Å². The van der Waals surface area contributed by atoms with Crippen molar-refractivity contribution in [1.29, 1.82) is 0 Å². The van der Waals surface area contributed by atoms with Crippen LogP contribution in [0.1, 0.15) is 29.4 Å². The number of nitrogens with zero attached hydrogens (tertiary/aromatic N) is 3. The highest BCUT2D eigenvalue weighted by Crippen LogP contribution is 2.23. The Labute approximate surface area is 119 Å². The molecule has 1 heterocycles. The van der Waals surface area contributed by atoms with Crippen LogP contribution in [0, 0.1) is 5.82 Å². The SMILES string of the molecule is CCC(Br)c1cn(Cc2ccc(OC)cc2F)nn1. The number of hydrogen-bond donors (Lipinski definition) is 0. The van der Waals surface area contributed by atoms with E-state index in [1.807, 2.05) is 6.20 Å². The zero-order chi connectivity index (χ0) is 13.8. The highest BCUT2D eigenvalue weighted by molar-refractivity contribution is 9.09. The number of methoxy groups -OCH3 is 1. The van der Waals surface area contributed by atoms with E-state index in [0.717, 1.165) is 12.1 Å². The molecule has 6 heteroatoms. The van der Waals surface area contributed by atoms with E-state index < -0.39 is 0 Å². The van der Waals surface area contributed by atoms with Crippen LogP contribution in [0.15, 0.2) is 24.4 Å². The summed E-state index contributed by atoms with van der Waals surface area (Å²) in [5, 5.41) is 8.07. The van der Waals surface area contributed by atoms with Crippen LogP contribution in [0.2, 0.25) is 0 Å². The maximum absolute atomic E-state index is 13.8. The van der Waals surface area contributed by atoms with Gasteiger partial charge in [-0.2, -0.15) is 0 Å². The van der Waals surface area contributed by atoms with Crippen molar-refractivity contribution in [2.45, 2.75) is 24.7 Å². The zero-order valence-electron chi connectivity index (χ0n) is 10.8. The Balaban J connectivity index is 2.15. The monoisotopic (exact) mass is 327 g/mol. The summed E-state index contributed by atoms with van der Waals surface area (Å²) in [7, 11) is 1.51. The Morgan fingerprint density at radius 1 is 1.47 bits per heavy atom. The first-order chi connectivity index (χ1) is 9.13. The second-order valence-corrected chi connectivity index (χ2v) is 5.28. The molecule has 0 aliphatic rings. The zero-order valence-corrected chi connectivity index (χ0v) is 12.4. The van der Waals surface area contributed by atoms with Crippen molar-refractivity contribution in [2.75, 3.05) is 7.11 Å².